The first-order valence-electron chi connectivity index (χ1n) is 8.93. The van der Waals surface area contributed by atoms with Gasteiger partial charge in [0, 0.05) is 13.1 Å². The smallest absolute Gasteiger partial charge is 0.245 e. The molecule has 4 heteroatoms. The number of carbonyl (C=O) groups is 1. The lowest BCUT2D eigenvalue weighted by Crippen LogP contribution is -2.34. The predicted octanol–water partition coefficient (Wildman–Crippen LogP) is 4.95. The van der Waals surface area contributed by atoms with Gasteiger partial charge in [-0.3, -0.25) is 4.79 Å². The second-order valence-corrected chi connectivity index (χ2v) is 6.88. The summed E-state index contributed by atoms with van der Waals surface area (Å²) in [6, 6.07) is 17.6. The Kier molecular flexibility index (Phi) is 6.35. The van der Waals surface area contributed by atoms with Gasteiger partial charge in [-0.2, -0.15) is 0 Å². The SMILES string of the molecule is O=C(C(Cl)c1ccc(OCc2ccccc2)cc1)N1CCCCCC1. The Morgan fingerprint density at radius 1 is 0.960 bits per heavy atom. The van der Waals surface area contributed by atoms with Gasteiger partial charge in [0.15, 0.2) is 0 Å². The van der Waals surface area contributed by atoms with Gasteiger partial charge in [0.05, 0.1) is 0 Å². The van der Waals surface area contributed by atoms with Crippen molar-refractivity contribution in [3.8, 4) is 5.75 Å². The lowest BCUT2D eigenvalue weighted by molar-refractivity contribution is -0.130. The van der Waals surface area contributed by atoms with Crippen LogP contribution in [0.25, 0.3) is 0 Å². The molecule has 0 aromatic heterocycles. The minimum atomic E-state index is -0.624. The Bertz CT molecular complexity index is 664. The third-order valence-corrected chi connectivity index (χ3v) is 4.99. The van der Waals surface area contributed by atoms with Crippen LogP contribution in [0.15, 0.2) is 54.6 Å². The normalized spacial score (nSPS) is 16.1. The maximum atomic E-state index is 12.6. The molecule has 1 heterocycles. The second-order valence-electron chi connectivity index (χ2n) is 6.45. The summed E-state index contributed by atoms with van der Waals surface area (Å²) >= 11 is 6.44. The summed E-state index contributed by atoms with van der Waals surface area (Å²) in [4.78, 5) is 14.5. The van der Waals surface area contributed by atoms with Gasteiger partial charge in [-0.15, -0.1) is 11.6 Å². The average molecular weight is 358 g/mol. The van der Waals surface area contributed by atoms with Crippen LogP contribution in [0.4, 0.5) is 0 Å². The molecule has 0 radical (unpaired) electrons. The highest BCUT2D eigenvalue weighted by atomic mass is 35.5. The van der Waals surface area contributed by atoms with E-state index in [-0.39, 0.29) is 5.91 Å². The molecule has 0 saturated carbocycles. The van der Waals surface area contributed by atoms with E-state index in [1.807, 2.05) is 59.5 Å². The van der Waals surface area contributed by atoms with Crippen molar-refractivity contribution in [2.75, 3.05) is 13.1 Å². The fraction of sp³-hybridized carbons (Fsp3) is 0.381. The Morgan fingerprint density at radius 3 is 2.24 bits per heavy atom. The number of hydrogen-bond acceptors (Lipinski definition) is 2. The topological polar surface area (TPSA) is 29.5 Å². The molecule has 0 aliphatic carbocycles. The van der Waals surface area contributed by atoms with E-state index in [0.717, 1.165) is 42.8 Å². The lowest BCUT2D eigenvalue weighted by Gasteiger charge is -2.23. The Morgan fingerprint density at radius 2 is 1.60 bits per heavy atom. The van der Waals surface area contributed by atoms with Gasteiger partial charge >= 0.3 is 0 Å². The zero-order chi connectivity index (χ0) is 17.5. The van der Waals surface area contributed by atoms with Crippen molar-refractivity contribution in [1.29, 1.82) is 0 Å². The molecule has 1 fully saturated rings. The molecule has 0 spiro atoms. The number of rotatable bonds is 5. The number of halogens is 1. The van der Waals surface area contributed by atoms with Crippen LogP contribution < -0.4 is 4.74 Å². The summed E-state index contributed by atoms with van der Waals surface area (Å²) in [5, 5.41) is -0.624. The maximum absolute atomic E-state index is 12.6. The van der Waals surface area contributed by atoms with Crippen molar-refractivity contribution in [3.05, 3.63) is 65.7 Å². The van der Waals surface area contributed by atoms with Gasteiger partial charge in [-0.25, -0.2) is 0 Å². The van der Waals surface area contributed by atoms with Crippen molar-refractivity contribution >= 4 is 17.5 Å². The molecule has 1 amide bonds. The number of amides is 1. The van der Waals surface area contributed by atoms with Gasteiger partial charge in [0.1, 0.15) is 17.7 Å². The van der Waals surface area contributed by atoms with Crippen LogP contribution in [0.1, 0.15) is 42.2 Å². The number of ether oxygens (including phenoxy) is 1. The van der Waals surface area contributed by atoms with Crippen molar-refractivity contribution in [3.63, 3.8) is 0 Å². The monoisotopic (exact) mass is 357 g/mol. The van der Waals surface area contributed by atoms with Crippen LogP contribution in [0, 0.1) is 0 Å². The van der Waals surface area contributed by atoms with Gasteiger partial charge in [-0.05, 0) is 36.1 Å². The molecule has 3 nitrogen and oxygen atoms in total. The minimum Gasteiger partial charge on any atom is -0.489 e. The fourth-order valence-electron chi connectivity index (χ4n) is 3.07. The van der Waals surface area contributed by atoms with Crippen molar-refractivity contribution in [2.24, 2.45) is 0 Å². The third-order valence-electron chi connectivity index (χ3n) is 4.56. The molecule has 1 saturated heterocycles. The lowest BCUT2D eigenvalue weighted by atomic mass is 10.1. The zero-order valence-corrected chi connectivity index (χ0v) is 15.1. The molecule has 1 unspecified atom stereocenters. The van der Waals surface area contributed by atoms with Crippen LogP contribution in [0.2, 0.25) is 0 Å². The molecule has 1 aliphatic rings. The highest BCUT2D eigenvalue weighted by Gasteiger charge is 2.24. The summed E-state index contributed by atoms with van der Waals surface area (Å²) in [6.45, 7) is 2.16. The number of hydrogen-bond donors (Lipinski definition) is 0. The first-order valence-corrected chi connectivity index (χ1v) is 9.37. The first-order chi connectivity index (χ1) is 12.2. The molecular formula is C21H24ClNO2. The second kappa shape index (κ2) is 8.91. The third kappa shape index (κ3) is 4.99. The van der Waals surface area contributed by atoms with Gasteiger partial charge in [-0.1, -0.05) is 55.3 Å². The quantitative estimate of drug-likeness (QED) is 0.709. The van der Waals surface area contributed by atoms with Gasteiger partial charge in [0.2, 0.25) is 5.91 Å². The van der Waals surface area contributed by atoms with Crippen molar-refractivity contribution < 1.29 is 9.53 Å². The Hall–Kier alpha value is -2.00. The molecule has 1 atom stereocenters. The van der Waals surface area contributed by atoms with E-state index in [2.05, 4.69) is 0 Å². The van der Waals surface area contributed by atoms with Gasteiger partial charge in [0.25, 0.3) is 0 Å². The molecule has 2 aromatic carbocycles. The Labute approximate surface area is 154 Å². The molecule has 3 rings (SSSR count). The Balaban J connectivity index is 1.58. The molecule has 0 N–H and O–H groups in total. The minimum absolute atomic E-state index is 0.0153. The highest BCUT2D eigenvalue weighted by molar-refractivity contribution is 6.30. The number of likely N-dealkylation sites (tertiary alicyclic amines) is 1. The number of alkyl halides is 1. The molecule has 0 bridgehead atoms. The molecule has 2 aromatic rings. The number of nitrogens with zero attached hydrogens (tertiary/aromatic N) is 1. The summed E-state index contributed by atoms with van der Waals surface area (Å²) in [6.07, 6.45) is 4.54. The van der Waals surface area contributed by atoms with Crippen molar-refractivity contribution in [2.45, 2.75) is 37.7 Å². The van der Waals surface area contributed by atoms with Gasteiger partial charge < -0.3 is 9.64 Å². The van der Waals surface area contributed by atoms with Crippen molar-refractivity contribution in [1.82, 2.24) is 4.90 Å². The summed E-state index contributed by atoms with van der Waals surface area (Å²) in [5.74, 6) is 0.792. The zero-order valence-electron chi connectivity index (χ0n) is 14.4. The van der Waals surface area contributed by atoms with E-state index in [1.54, 1.807) is 0 Å². The molecular weight excluding hydrogens is 334 g/mol. The summed E-state index contributed by atoms with van der Waals surface area (Å²) < 4.78 is 5.78. The largest absolute Gasteiger partial charge is 0.489 e. The predicted molar refractivity (Wildman–Crippen MR) is 101 cm³/mol. The van der Waals surface area contributed by atoms with E-state index in [1.165, 1.54) is 12.8 Å². The van der Waals surface area contributed by atoms with E-state index >= 15 is 0 Å². The standard InChI is InChI=1S/C21H24ClNO2/c22-20(21(24)23-14-6-1-2-7-15-23)18-10-12-19(13-11-18)25-16-17-8-4-3-5-9-17/h3-5,8-13,20H,1-2,6-7,14-16H2. The first kappa shape index (κ1) is 17.8. The van der Waals surface area contributed by atoms with E-state index in [4.69, 9.17) is 16.3 Å². The molecule has 25 heavy (non-hydrogen) atoms. The summed E-state index contributed by atoms with van der Waals surface area (Å²) in [7, 11) is 0. The van der Waals surface area contributed by atoms with E-state index in [0.29, 0.717) is 6.61 Å². The van der Waals surface area contributed by atoms with Crippen LogP contribution in [0.3, 0.4) is 0 Å². The van der Waals surface area contributed by atoms with Crippen LogP contribution >= 0.6 is 11.6 Å². The van der Waals surface area contributed by atoms with Crippen LogP contribution in [-0.4, -0.2) is 23.9 Å². The number of benzene rings is 2. The number of carbonyl (C=O) groups excluding carboxylic acids is 1. The van der Waals surface area contributed by atoms with E-state index in [9.17, 15) is 4.79 Å². The fourth-order valence-corrected chi connectivity index (χ4v) is 3.35. The highest BCUT2D eigenvalue weighted by Crippen LogP contribution is 2.26. The van der Waals surface area contributed by atoms with E-state index < -0.39 is 5.38 Å². The average Bonchev–Trinajstić information content (AvgIpc) is 2.96. The molecule has 132 valence electrons. The molecule has 1 aliphatic heterocycles. The van der Waals surface area contributed by atoms with Crippen LogP contribution in [-0.2, 0) is 11.4 Å². The summed E-state index contributed by atoms with van der Waals surface area (Å²) in [5.41, 5.74) is 1.95. The maximum Gasteiger partial charge on any atom is 0.245 e. The van der Waals surface area contributed by atoms with Crippen LogP contribution in [0.5, 0.6) is 5.75 Å².